The Kier molecular flexibility index (Phi) is 3.70. The summed E-state index contributed by atoms with van der Waals surface area (Å²) in [6, 6.07) is 12.7. The number of phenols is 1. The third-order valence-electron chi connectivity index (χ3n) is 3.19. The van der Waals surface area contributed by atoms with E-state index in [1.165, 1.54) is 0 Å². The monoisotopic (exact) mass is 254 g/mol. The molecule has 2 heteroatoms. The van der Waals surface area contributed by atoms with Crippen LogP contribution in [-0.4, -0.2) is 10.9 Å². The third kappa shape index (κ3) is 2.68. The van der Waals surface area contributed by atoms with Gasteiger partial charge in [0.1, 0.15) is 5.75 Å². The molecule has 0 saturated carbocycles. The highest BCUT2D eigenvalue weighted by molar-refractivity contribution is 6.11. The van der Waals surface area contributed by atoms with Crippen LogP contribution < -0.4 is 0 Å². The number of aryl methyl sites for hydroxylation is 1. The Hall–Kier alpha value is -2.09. The van der Waals surface area contributed by atoms with Gasteiger partial charge in [0.2, 0.25) is 0 Å². The SMILES string of the molecule is Cc1cc(C(=O)c2ccccc2)c(O)c(C(C)C)c1. The average Bonchev–Trinajstić information content (AvgIpc) is 2.41. The van der Waals surface area contributed by atoms with Crippen molar-refractivity contribution in [2.75, 3.05) is 0 Å². The zero-order chi connectivity index (χ0) is 14.0. The van der Waals surface area contributed by atoms with E-state index in [0.717, 1.165) is 11.1 Å². The molecule has 2 aromatic rings. The first-order valence-electron chi connectivity index (χ1n) is 6.44. The summed E-state index contributed by atoms with van der Waals surface area (Å²) in [6.07, 6.45) is 0. The van der Waals surface area contributed by atoms with Crippen LogP contribution in [0.25, 0.3) is 0 Å². The molecule has 98 valence electrons. The second-order valence-electron chi connectivity index (χ2n) is 5.10. The van der Waals surface area contributed by atoms with Gasteiger partial charge in [-0.25, -0.2) is 0 Å². The van der Waals surface area contributed by atoms with Gasteiger partial charge < -0.3 is 5.11 Å². The first-order chi connectivity index (χ1) is 9.00. The van der Waals surface area contributed by atoms with Crippen molar-refractivity contribution in [3.63, 3.8) is 0 Å². The largest absolute Gasteiger partial charge is 0.507 e. The fourth-order valence-electron chi connectivity index (χ4n) is 2.17. The van der Waals surface area contributed by atoms with Gasteiger partial charge in [-0.2, -0.15) is 0 Å². The molecule has 0 saturated heterocycles. The molecule has 0 spiro atoms. The van der Waals surface area contributed by atoms with Gasteiger partial charge in [-0.05, 0) is 30.0 Å². The minimum Gasteiger partial charge on any atom is -0.507 e. The number of carbonyl (C=O) groups is 1. The molecule has 2 rings (SSSR count). The summed E-state index contributed by atoms with van der Waals surface area (Å²) in [5.74, 6) is 0.153. The molecule has 19 heavy (non-hydrogen) atoms. The van der Waals surface area contributed by atoms with Crippen molar-refractivity contribution < 1.29 is 9.90 Å². The van der Waals surface area contributed by atoms with E-state index in [9.17, 15) is 9.90 Å². The number of benzene rings is 2. The van der Waals surface area contributed by atoms with Crippen molar-refractivity contribution in [1.29, 1.82) is 0 Å². The van der Waals surface area contributed by atoms with Crippen molar-refractivity contribution in [3.05, 3.63) is 64.7 Å². The molecule has 0 aliphatic heterocycles. The van der Waals surface area contributed by atoms with Crippen LogP contribution in [0.4, 0.5) is 0 Å². The zero-order valence-electron chi connectivity index (χ0n) is 11.5. The lowest BCUT2D eigenvalue weighted by Crippen LogP contribution is -2.04. The minimum atomic E-state index is -0.135. The standard InChI is InChI=1S/C17H18O2/c1-11(2)14-9-12(3)10-15(17(14)19)16(18)13-7-5-4-6-8-13/h4-11,19H,1-3H3. The molecule has 0 radical (unpaired) electrons. The van der Waals surface area contributed by atoms with E-state index in [0.29, 0.717) is 11.1 Å². The predicted molar refractivity (Wildman–Crippen MR) is 76.8 cm³/mol. The molecule has 0 bridgehead atoms. The quantitative estimate of drug-likeness (QED) is 0.839. The molecule has 0 atom stereocenters. The Bertz CT molecular complexity index is 598. The predicted octanol–water partition coefficient (Wildman–Crippen LogP) is 4.06. The van der Waals surface area contributed by atoms with Crippen molar-refractivity contribution in [1.82, 2.24) is 0 Å². The van der Waals surface area contributed by atoms with Crippen LogP contribution in [0.5, 0.6) is 5.75 Å². The van der Waals surface area contributed by atoms with Crippen molar-refractivity contribution >= 4 is 5.78 Å². The van der Waals surface area contributed by atoms with Crippen LogP contribution in [0.2, 0.25) is 0 Å². The number of aromatic hydroxyl groups is 1. The maximum Gasteiger partial charge on any atom is 0.196 e. The summed E-state index contributed by atoms with van der Waals surface area (Å²) in [5.41, 5.74) is 2.79. The topological polar surface area (TPSA) is 37.3 Å². The highest BCUT2D eigenvalue weighted by Crippen LogP contribution is 2.31. The number of phenolic OH excluding ortho intramolecular Hbond substituents is 1. The van der Waals surface area contributed by atoms with E-state index in [1.54, 1.807) is 18.2 Å². The lowest BCUT2D eigenvalue weighted by atomic mass is 9.93. The normalized spacial score (nSPS) is 10.7. The number of hydrogen-bond acceptors (Lipinski definition) is 2. The zero-order valence-corrected chi connectivity index (χ0v) is 11.5. The molecule has 0 aromatic heterocycles. The molecular formula is C17H18O2. The number of hydrogen-bond donors (Lipinski definition) is 1. The number of carbonyl (C=O) groups excluding carboxylic acids is 1. The van der Waals surface area contributed by atoms with Crippen LogP contribution in [0.1, 0.15) is 46.8 Å². The molecule has 0 amide bonds. The lowest BCUT2D eigenvalue weighted by molar-refractivity contribution is 0.103. The molecular weight excluding hydrogens is 236 g/mol. The molecule has 0 aliphatic rings. The van der Waals surface area contributed by atoms with E-state index >= 15 is 0 Å². The minimum absolute atomic E-state index is 0.106. The van der Waals surface area contributed by atoms with Gasteiger partial charge >= 0.3 is 0 Å². The second-order valence-corrected chi connectivity index (χ2v) is 5.10. The van der Waals surface area contributed by atoms with Gasteiger partial charge in [0, 0.05) is 5.56 Å². The Morgan fingerprint density at radius 1 is 1.11 bits per heavy atom. The fraction of sp³-hybridized carbons (Fsp3) is 0.235. The average molecular weight is 254 g/mol. The highest BCUT2D eigenvalue weighted by atomic mass is 16.3. The van der Waals surface area contributed by atoms with E-state index in [1.807, 2.05) is 45.0 Å². The Labute approximate surface area is 113 Å². The van der Waals surface area contributed by atoms with Gasteiger partial charge in [-0.1, -0.05) is 50.2 Å². The van der Waals surface area contributed by atoms with Crippen molar-refractivity contribution in [2.45, 2.75) is 26.7 Å². The van der Waals surface area contributed by atoms with Crippen LogP contribution in [0.3, 0.4) is 0 Å². The summed E-state index contributed by atoms with van der Waals surface area (Å²) in [6.45, 7) is 5.95. The molecule has 0 heterocycles. The third-order valence-corrected chi connectivity index (χ3v) is 3.19. The summed E-state index contributed by atoms with van der Waals surface area (Å²) in [7, 11) is 0. The van der Waals surface area contributed by atoms with Gasteiger partial charge in [0.15, 0.2) is 5.78 Å². The Balaban J connectivity index is 2.54. The summed E-state index contributed by atoms with van der Waals surface area (Å²) < 4.78 is 0. The van der Waals surface area contributed by atoms with Gasteiger partial charge in [0.05, 0.1) is 5.56 Å². The van der Waals surface area contributed by atoms with E-state index in [2.05, 4.69) is 0 Å². The van der Waals surface area contributed by atoms with Gasteiger partial charge in [0.25, 0.3) is 0 Å². The molecule has 2 aromatic carbocycles. The van der Waals surface area contributed by atoms with Crippen LogP contribution in [-0.2, 0) is 0 Å². The summed E-state index contributed by atoms with van der Waals surface area (Å²) in [5, 5.41) is 10.3. The van der Waals surface area contributed by atoms with E-state index in [4.69, 9.17) is 0 Å². The van der Waals surface area contributed by atoms with Gasteiger partial charge in [-0.3, -0.25) is 4.79 Å². The van der Waals surface area contributed by atoms with E-state index in [-0.39, 0.29) is 17.5 Å². The molecule has 0 unspecified atom stereocenters. The molecule has 0 fully saturated rings. The van der Waals surface area contributed by atoms with Crippen molar-refractivity contribution in [3.8, 4) is 5.75 Å². The molecule has 2 nitrogen and oxygen atoms in total. The van der Waals surface area contributed by atoms with Crippen molar-refractivity contribution in [2.24, 2.45) is 0 Å². The molecule has 1 N–H and O–H groups in total. The maximum atomic E-state index is 12.4. The Morgan fingerprint density at radius 2 is 1.74 bits per heavy atom. The smallest absolute Gasteiger partial charge is 0.196 e. The fourth-order valence-corrected chi connectivity index (χ4v) is 2.17. The lowest BCUT2D eigenvalue weighted by Gasteiger charge is -2.13. The number of ketones is 1. The van der Waals surface area contributed by atoms with Crippen LogP contribution in [0.15, 0.2) is 42.5 Å². The summed E-state index contributed by atoms with van der Waals surface area (Å²) in [4.78, 5) is 12.4. The first kappa shape index (κ1) is 13.3. The van der Waals surface area contributed by atoms with Gasteiger partial charge in [-0.15, -0.1) is 0 Å². The van der Waals surface area contributed by atoms with Crippen LogP contribution in [0, 0.1) is 6.92 Å². The van der Waals surface area contributed by atoms with Crippen LogP contribution >= 0.6 is 0 Å². The molecule has 0 aliphatic carbocycles. The Morgan fingerprint density at radius 3 is 2.32 bits per heavy atom. The second kappa shape index (κ2) is 5.27. The highest BCUT2D eigenvalue weighted by Gasteiger charge is 2.18. The van der Waals surface area contributed by atoms with E-state index < -0.39 is 0 Å². The maximum absolute atomic E-state index is 12.4. The summed E-state index contributed by atoms with van der Waals surface area (Å²) >= 11 is 0. The number of rotatable bonds is 3. The first-order valence-corrected chi connectivity index (χ1v) is 6.44.